The lowest BCUT2D eigenvalue weighted by molar-refractivity contribution is -0.109. The van der Waals surface area contributed by atoms with Crippen molar-refractivity contribution in [2.45, 2.75) is 13.1 Å². The van der Waals surface area contributed by atoms with Crippen LogP contribution < -0.4 is 0 Å². The molecular weight excluding hydrogens is 356 g/mol. The average molecular weight is 376 g/mol. The van der Waals surface area contributed by atoms with E-state index >= 15 is 0 Å². The van der Waals surface area contributed by atoms with Gasteiger partial charge in [0.15, 0.2) is 0 Å². The Balaban J connectivity index is 0.000000236. The summed E-state index contributed by atoms with van der Waals surface area (Å²) in [5.74, 6) is -0.163. The van der Waals surface area contributed by atoms with E-state index in [-0.39, 0.29) is 11.3 Å². The zero-order valence-electron chi connectivity index (χ0n) is 15.2. The van der Waals surface area contributed by atoms with Crippen LogP contribution in [0.5, 0.6) is 0 Å². The first kappa shape index (κ1) is 19.1. The highest BCUT2D eigenvalue weighted by atomic mass is 16.1. The molecule has 3 aromatic rings. The SMILES string of the molecule is O=CC1C=CC(Cn2ccnn2)(Cn2nccn2)C=C1.O=Cc1ccccc1. The number of carbonyl (C=O) groups excluding carboxylic acids is 2. The van der Waals surface area contributed by atoms with E-state index in [0.717, 1.165) is 18.1 Å². The molecule has 1 aromatic carbocycles. The summed E-state index contributed by atoms with van der Waals surface area (Å²) in [6.45, 7) is 1.20. The van der Waals surface area contributed by atoms with E-state index in [1.807, 2.05) is 48.7 Å². The Labute approximate surface area is 162 Å². The van der Waals surface area contributed by atoms with Gasteiger partial charge in [-0.3, -0.25) is 9.48 Å². The smallest absolute Gasteiger partial charge is 0.150 e. The standard InChI is InChI=1S/C13H14N6O.C7H6O/c20-9-12-1-3-13(4-2-12,10-18-8-7-14-17-18)11-19-15-5-6-16-19;8-6-7-4-2-1-3-5-7/h1-9,12H,10-11H2;1-6H. The predicted molar refractivity (Wildman–Crippen MR) is 102 cm³/mol. The second-order valence-electron chi connectivity index (χ2n) is 6.35. The molecule has 0 saturated heterocycles. The van der Waals surface area contributed by atoms with Gasteiger partial charge in [-0.1, -0.05) is 59.8 Å². The van der Waals surface area contributed by atoms with Crippen LogP contribution >= 0.6 is 0 Å². The Hall–Kier alpha value is -3.68. The van der Waals surface area contributed by atoms with Crippen molar-refractivity contribution < 1.29 is 9.59 Å². The average Bonchev–Trinajstić information content (AvgIpc) is 3.44. The third-order valence-electron chi connectivity index (χ3n) is 4.22. The van der Waals surface area contributed by atoms with Crippen molar-refractivity contribution in [3.63, 3.8) is 0 Å². The quantitative estimate of drug-likeness (QED) is 0.482. The fourth-order valence-electron chi connectivity index (χ4n) is 2.82. The van der Waals surface area contributed by atoms with Crippen LogP contribution in [-0.2, 0) is 17.9 Å². The summed E-state index contributed by atoms with van der Waals surface area (Å²) in [6.07, 6.45) is 16.3. The zero-order valence-corrected chi connectivity index (χ0v) is 15.2. The zero-order chi connectivity index (χ0) is 19.7. The van der Waals surface area contributed by atoms with Gasteiger partial charge in [-0.25, -0.2) is 0 Å². The van der Waals surface area contributed by atoms with E-state index in [1.165, 1.54) is 0 Å². The lowest BCUT2D eigenvalue weighted by atomic mass is 9.81. The molecule has 0 atom stereocenters. The molecule has 0 fully saturated rings. The highest BCUT2D eigenvalue weighted by molar-refractivity contribution is 5.74. The van der Waals surface area contributed by atoms with Gasteiger partial charge >= 0.3 is 0 Å². The normalized spacial score (nSPS) is 20.2. The molecule has 28 heavy (non-hydrogen) atoms. The number of aldehydes is 2. The van der Waals surface area contributed by atoms with Crippen LogP contribution in [0.15, 0.2) is 79.4 Å². The van der Waals surface area contributed by atoms with Gasteiger partial charge in [0.1, 0.15) is 12.6 Å². The Morgan fingerprint density at radius 2 is 1.68 bits per heavy atom. The van der Waals surface area contributed by atoms with E-state index in [0.29, 0.717) is 13.1 Å². The third-order valence-corrected chi connectivity index (χ3v) is 4.22. The van der Waals surface area contributed by atoms with Crippen molar-refractivity contribution in [1.29, 1.82) is 0 Å². The lowest BCUT2D eigenvalue weighted by Gasteiger charge is -2.29. The molecule has 0 radical (unpaired) electrons. The van der Waals surface area contributed by atoms with E-state index in [4.69, 9.17) is 0 Å². The number of hydrogen-bond acceptors (Lipinski definition) is 6. The molecule has 1 aliphatic rings. The molecule has 0 N–H and O–H groups in total. The van der Waals surface area contributed by atoms with Gasteiger partial charge in [-0.15, -0.1) is 5.10 Å². The third kappa shape index (κ3) is 5.16. The molecular formula is C20H20N6O2. The summed E-state index contributed by atoms with van der Waals surface area (Å²) in [6, 6.07) is 9.10. The topological polar surface area (TPSA) is 95.6 Å². The number of aromatic nitrogens is 6. The molecule has 1 aliphatic carbocycles. The molecule has 8 heteroatoms. The molecule has 0 bridgehead atoms. The predicted octanol–water partition coefficient (Wildman–Crippen LogP) is 2.00. The van der Waals surface area contributed by atoms with E-state index in [2.05, 4.69) is 20.5 Å². The fourth-order valence-corrected chi connectivity index (χ4v) is 2.82. The van der Waals surface area contributed by atoms with Crippen LogP contribution in [0.1, 0.15) is 10.4 Å². The maximum atomic E-state index is 10.8. The monoisotopic (exact) mass is 376 g/mol. The second kappa shape index (κ2) is 9.31. The Morgan fingerprint density at radius 3 is 2.21 bits per heavy atom. The van der Waals surface area contributed by atoms with Crippen molar-refractivity contribution in [3.05, 3.63) is 85.0 Å². The van der Waals surface area contributed by atoms with Gasteiger partial charge in [0, 0.05) is 17.2 Å². The van der Waals surface area contributed by atoms with Crippen LogP contribution in [0.4, 0.5) is 0 Å². The van der Waals surface area contributed by atoms with Gasteiger partial charge in [0.05, 0.1) is 37.6 Å². The van der Waals surface area contributed by atoms with Crippen molar-refractivity contribution in [2.24, 2.45) is 11.3 Å². The van der Waals surface area contributed by atoms with Crippen LogP contribution in [0, 0.1) is 11.3 Å². The molecule has 0 amide bonds. The number of benzene rings is 1. The molecule has 0 spiro atoms. The maximum absolute atomic E-state index is 10.8. The minimum atomic E-state index is -0.313. The van der Waals surface area contributed by atoms with Crippen LogP contribution in [0.2, 0.25) is 0 Å². The Morgan fingerprint density at radius 1 is 0.964 bits per heavy atom. The highest BCUT2D eigenvalue weighted by Crippen LogP contribution is 2.30. The highest BCUT2D eigenvalue weighted by Gasteiger charge is 2.29. The summed E-state index contributed by atoms with van der Waals surface area (Å²) < 4.78 is 1.76. The Kier molecular flexibility index (Phi) is 6.35. The van der Waals surface area contributed by atoms with Crippen molar-refractivity contribution >= 4 is 12.6 Å². The van der Waals surface area contributed by atoms with Gasteiger partial charge in [0.25, 0.3) is 0 Å². The summed E-state index contributed by atoms with van der Waals surface area (Å²) in [7, 11) is 0. The second-order valence-corrected chi connectivity index (χ2v) is 6.35. The van der Waals surface area contributed by atoms with Crippen LogP contribution in [0.3, 0.4) is 0 Å². The Bertz CT molecular complexity index is 865. The summed E-state index contributed by atoms with van der Waals surface area (Å²) in [4.78, 5) is 22.5. The number of carbonyl (C=O) groups is 2. The molecule has 0 aliphatic heterocycles. The lowest BCUT2D eigenvalue weighted by Crippen LogP contribution is -2.31. The summed E-state index contributed by atoms with van der Waals surface area (Å²) in [5, 5.41) is 16.1. The van der Waals surface area contributed by atoms with Crippen LogP contribution in [-0.4, -0.2) is 42.6 Å². The maximum Gasteiger partial charge on any atom is 0.150 e. The van der Waals surface area contributed by atoms with Gasteiger partial charge < -0.3 is 4.79 Å². The molecule has 2 heterocycles. The summed E-state index contributed by atoms with van der Waals surface area (Å²) in [5.41, 5.74) is 0.416. The number of hydrogen-bond donors (Lipinski definition) is 0. The molecule has 0 saturated carbocycles. The molecule has 0 unspecified atom stereocenters. The molecule has 8 nitrogen and oxygen atoms in total. The fraction of sp³-hybridized carbons (Fsp3) is 0.200. The molecule has 142 valence electrons. The number of nitrogens with zero attached hydrogens (tertiary/aromatic N) is 6. The van der Waals surface area contributed by atoms with Gasteiger partial charge in [-0.2, -0.15) is 15.0 Å². The van der Waals surface area contributed by atoms with E-state index in [1.54, 1.807) is 40.2 Å². The van der Waals surface area contributed by atoms with Crippen molar-refractivity contribution in [2.75, 3.05) is 0 Å². The summed E-state index contributed by atoms with van der Waals surface area (Å²) >= 11 is 0. The number of rotatable bonds is 6. The number of allylic oxidation sites excluding steroid dienone is 4. The minimum Gasteiger partial charge on any atom is -0.302 e. The van der Waals surface area contributed by atoms with Crippen molar-refractivity contribution in [1.82, 2.24) is 30.0 Å². The minimum absolute atomic E-state index is 0.163. The first-order valence-electron chi connectivity index (χ1n) is 8.75. The van der Waals surface area contributed by atoms with Gasteiger partial charge in [-0.05, 0) is 0 Å². The van der Waals surface area contributed by atoms with Gasteiger partial charge in [0.2, 0.25) is 0 Å². The first-order chi connectivity index (χ1) is 13.7. The van der Waals surface area contributed by atoms with Crippen LogP contribution in [0.25, 0.3) is 0 Å². The van der Waals surface area contributed by atoms with E-state index < -0.39 is 0 Å². The molecule has 4 rings (SSSR count). The first-order valence-corrected chi connectivity index (χ1v) is 8.75. The van der Waals surface area contributed by atoms with Crippen molar-refractivity contribution in [3.8, 4) is 0 Å². The van der Waals surface area contributed by atoms with E-state index in [9.17, 15) is 9.59 Å². The largest absolute Gasteiger partial charge is 0.302 e. The molecule has 2 aromatic heterocycles.